The van der Waals surface area contributed by atoms with Crippen LogP contribution in [0, 0.1) is 0 Å². The number of nitrogens with two attached hydrogens (primary N) is 1. The van der Waals surface area contributed by atoms with Crippen LogP contribution < -0.4 is 5.73 Å². The van der Waals surface area contributed by atoms with Crippen LogP contribution in [0.2, 0.25) is 0 Å². The highest BCUT2D eigenvalue weighted by Crippen LogP contribution is 2.41. The second kappa shape index (κ2) is 4.38. The molecule has 5 N–H and O–H groups in total. The standard InChI is InChI=1S/C12H16N4O4/c1-12(19)9(18)8(4-17)20-10(12)6-2-3-7-11(13)14-5-15-16(6)7/h2-3,5,8-10,17-19H,4H2,1H3,(H2,13,14,15)/t8-,9-,10+,12-/m1/s1. The third-order valence-corrected chi connectivity index (χ3v) is 3.75. The molecule has 3 heterocycles. The van der Waals surface area contributed by atoms with Crippen molar-refractivity contribution in [2.75, 3.05) is 12.3 Å². The number of ether oxygens (including phenoxy) is 1. The van der Waals surface area contributed by atoms with Crippen molar-refractivity contribution in [1.82, 2.24) is 14.6 Å². The van der Waals surface area contributed by atoms with Gasteiger partial charge in [0.05, 0.1) is 12.3 Å². The highest BCUT2D eigenvalue weighted by Gasteiger charge is 2.53. The number of nitrogen functional groups attached to an aromatic ring is 1. The average Bonchev–Trinajstić information content (AvgIpc) is 2.92. The molecule has 1 aliphatic rings. The Morgan fingerprint density at radius 3 is 2.90 bits per heavy atom. The zero-order valence-corrected chi connectivity index (χ0v) is 10.8. The topological polar surface area (TPSA) is 126 Å². The molecule has 8 heteroatoms. The summed E-state index contributed by atoms with van der Waals surface area (Å²) < 4.78 is 7.07. The summed E-state index contributed by atoms with van der Waals surface area (Å²) in [6.45, 7) is 1.08. The number of aliphatic hydroxyl groups is 3. The Morgan fingerprint density at radius 2 is 2.25 bits per heavy atom. The molecule has 0 amide bonds. The molecular formula is C12H16N4O4. The minimum Gasteiger partial charge on any atom is -0.394 e. The van der Waals surface area contributed by atoms with E-state index in [1.54, 1.807) is 12.1 Å². The molecule has 8 nitrogen and oxygen atoms in total. The highest BCUT2D eigenvalue weighted by molar-refractivity contribution is 5.65. The molecule has 1 aliphatic heterocycles. The molecule has 0 bridgehead atoms. The molecule has 3 rings (SSSR count). The normalized spacial score (nSPS) is 33.9. The lowest BCUT2D eigenvalue weighted by Gasteiger charge is -2.26. The van der Waals surface area contributed by atoms with Gasteiger partial charge in [0.2, 0.25) is 0 Å². The van der Waals surface area contributed by atoms with E-state index in [0.717, 1.165) is 0 Å². The number of rotatable bonds is 2. The minimum atomic E-state index is -1.54. The molecule has 4 atom stereocenters. The summed E-state index contributed by atoms with van der Waals surface area (Å²) in [4.78, 5) is 3.88. The molecule has 20 heavy (non-hydrogen) atoms. The lowest BCUT2D eigenvalue weighted by molar-refractivity contribution is -0.0664. The van der Waals surface area contributed by atoms with E-state index >= 15 is 0 Å². The third kappa shape index (κ3) is 1.70. The maximum Gasteiger partial charge on any atom is 0.151 e. The second-order valence-corrected chi connectivity index (χ2v) is 5.11. The fourth-order valence-electron chi connectivity index (χ4n) is 2.60. The molecule has 2 aromatic heterocycles. The zero-order valence-electron chi connectivity index (χ0n) is 10.8. The predicted molar refractivity (Wildman–Crippen MR) is 68.7 cm³/mol. The molecule has 0 spiro atoms. The number of nitrogens with zero attached hydrogens (tertiary/aromatic N) is 3. The average molecular weight is 280 g/mol. The third-order valence-electron chi connectivity index (χ3n) is 3.75. The molecule has 108 valence electrons. The van der Waals surface area contributed by atoms with Crippen molar-refractivity contribution >= 4 is 11.3 Å². The van der Waals surface area contributed by atoms with Crippen LogP contribution in [-0.2, 0) is 4.74 Å². The lowest BCUT2D eigenvalue weighted by atomic mass is 9.91. The first-order valence-electron chi connectivity index (χ1n) is 6.21. The van der Waals surface area contributed by atoms with Gasteiger partial charge in [0.25, 0.3) is 0 Å². The van der Waals surface area contributed by atoms with Gasteiger partial charge in [0, 0.05) is 0 Å². The Hall–Kier alpha value is -1.74. The van der Waals surface area contributed by atoms with E-state index in [4.69, 9.17) is 10.5 Å². The number of hydrogen-bond acceptors (Lipinski definition) is 7. The lowest BCUT2D eigenvalue weighted by Crippen LogP contribution is -2.43. The van der Waals surface area contributed by atoms with Crippen molar-refractivity contribution < 1.29 is 20.1 Å². The Balaban J connectivity index is 2.10. The zero-order chi connectivity index (χ0) is 14.5. The summed E-state index contributed by atoms with van der Waals surface area (Å²) in [5.41, 5.74) is 5.33. The number of fused-ring (bicyclic) bond motifs is 1. The van der Waals surface area contributed by atoms with Crippen molar-refractivity contribution in [3.63, 3.8) is 0 Å². The van der Waals surface area contributed by atoms with Crippen LogP contribution in [0.4, 0.5) is 5.82 Å². The van der Waals surface area contributed by atoms with Crippen LogP contribution in [0.15, 0.2) is 18.5 Å². The van der Waals surface area contributed by atoms with Crippen molar-refractivity contribution in [3.05, 3.63) is 24.2 Å². The molecule has 0 aliphatic carbocycles. The number of aromatic nitrogens is 3. The van der Waals surface area contributed by atoms with Gasteiger partial charge in [-0.25, -0.2) is 9.50 Å². The van der Waals surface area contributed by atoms with Gasteiger partial charge in [-0.1, -0.05) is 0 Å². The van der Waals surface area contributed by atoms with Gasteiger partial charge < -0.3 is 25.8 Å². The van der Waals surface area contributed by atoms with E-state index in [2.05, 4.69) is 10.1 Å². The molecule has 0 radical (unpaired) electrons. The fraction of sp³-hybridized carbons (Fsp3) is 0.500. The maximum atomic E-state index is 10.5. The van der Waals surface area contributed by atoms with Crippen LogP contribution >= 0.6 is 0 Å². The van der Waals surface area contributed by atoms with Gasteiger partial charge >= 0.3 is 0 Å². The molecule has 1 fully saturated rings. The van der Waals surface area contributed by atoms with Crippen LogP contribution in [0.3, 0.4) is 0 Å². The van der Waals surface area contributed by atoms with E-state index in [0.29, 0.717) is 17.0 Å². The maximum absolute atomic E-state index is 10.5. The summed E-state index contributed by atoms with van der Waals surface area (Å²) in [6, 6.07) is 3.41. The number of hydrogen-bond donors (Lipinski definition) is 4. The Kier molecular flexibility index (Phi) is 2.91. The minimum absolute atomic E-state index is 0.308. The van der Waals surface area contributed by atoms with Crippen LogP contribution in [-0.4, -0.2) is 54.3 Å². The van der Waals surface area contributed by atoms with Gasteiger partial charge in [-0.15, -0.1) is 0 Å². The van der Waals surface area contributed by atoms with Gasteiger partial charge in [-0.2, -0.15) is 5.10 Å². The molecule has 0 saturated carbocycles. The summed E-state index contributed by atoms with van der Waals surface area (Å²) >= 11 is 0. The van der Waals surface area contributed by atoms with Crippen molar-refractivity contribution in [2.24, 2.45) is 0 Å². The first-order valence-corrected chi connectivity index (χ1v) is 6.21. The highest BCUT2D eigenvalue weighted by atomic mass is 16.6. The summed E-state index contributed by atoms with van der Waals surface area (Å²) in [5.74, 6) is 0.308. The van der Waals surface area contributed by atoms with Crippen molar-refractivity contribution in [2.45, 2.75) is 30.8 Å². The van der Waals surface area contributed by atoms with E-state index in [-0.39, 0.29) is 6.61 Å². The van der Waals surface area contributed by atoms with Crippen LogP contribution in [0.25, 0.3) is 5.52 Å². The Labute approximate surface area is 114 Å². The molecule has 2 aromatic rings. The molecule has 0 aromatic carbocycles. The second-order valence-electron chi connectivity index (χ2n) is 5.11. The smallest absolute Gasteiger partial charge is 0.151 e. The van der Waals surface area contributed by atoms with E-state index in [1.807, 2.05) is 0 Å². The quantitative estimate of drug-likeness (QED) is 0.547. The molecular weight excluding hydrogens is 264 g/mol. The largest absolute Gasteiger partial charge is 0.394 e. The van der Waals surface area contributed by atoms with E-state index in [1.165, 1.54) is 17.8 Å². The van der Waals surface area contributed by atoms with Gasteiger partial charge in [-0.3, -0.25) is 0 Å². The van der Waals surface area contributed by atoms with Gasteiger partial charge in [-0.05, 0) is 19.1 Å². The monoisotopic (exact) mass is 280 g/mol. The first kappa shape index (κ1) is 13.3. The van der Waals surface area contributed by atoms with Crippen LogP contribution in [0.1, 0.15) is 18.7 Å². The number of anilines is 1. The Bertz CT molecular complexity index is 641. The Morgan fingerprint density at radius 1 is 1.50 bits per heavy atom. The van der Waals surface area contributed by atoms with E-state index in [9.17, 15) is 15.3 Å². The predicted octanol–water partition coefficient (Wildman–Crippen LogP) is -1.14. The first-order chi connectivity index (χ1) is 9.46. The van der Waals surface area contributed by atoms with Gasteiger partial charge in [0.1, 0.15) is 35.8 Å². The fourth-order valence-corrected chi connectivity index (χ4v) is 2.60. The van der Waals surface area contributed by atoms with Gasteiger partial charge in [0.15, 0.2) is 5.82 Å². The summed E-state index contributed by atoms with van der Waals surface area (Å²) in [6.07, 6.45) is -1.57. The van der Waals surface area contributed by atoms with Crippen molar-refractivity contribution in [3.8, 4) is 0 Å². The van der Waals surface area contributed by atoms with E-state index < -0.39 is 23.9 Å². The molecule has 0 unspecified atom stereocenters. The SMILES string of the molecule is C[C@@]1(O)[C@H](O)[C@@H](CO)O[C@H]1c1ccc2c(N)ncnn12. The van der Waals surface area contributed by atoms with Crippen LogP contribution in [0.5, 0.6) is 0 Å². The number of aliphatic hydroxyl groups excluding tert-OH is 2. The van der Waals surface area contributed by atoms with Crippen molar-refractivity contribution in [1.29, 1.82) is 0 Å². The summed E-state index contributed by atoms with van der Waals surface area (Å²) in [5, 5.41) is 33.7. The summed E-state index contributed by atoms with van der Waals surface area (Å²) in [7, 11) is 0. The molecule has 1 saturated heterocycles.